The number of piperidine rings is 1. The van der Waals surface area contributed by atoms with Gasteiger partial charge in [0, 0.05) is 13.1 Å². The minimum absolute atomic E-state index is 0.263. The highest BCUT2D eigenvalue weighted by Crippen LogP contribution is 2.19. The van der Waals surface area contributed by atoms with E-state index in [0.29, 0.717) is 25.9 Å². The van der Waals surface area contributed by atoms with Gasteiger partial charge in [-0.2, -0.15) is 0 Å². The number of rotatable bonds is 4. The molecule has 1 heterocycles. The molecule has 0 unspecified atom stereocenters. The van der Waals surface area contributed by atoms with E-state index in [-0.39, 0.29) is 13.1 Å². The number of hydrogen-bond donors (Lipinski definition) is 1. The molecular formula is C9H17F3N2. The fourth-order valence-corrected chi connectivity index (χ4v) is 1.70. The maximum Gasteiger partial charge on any atom is 0.272 e. The van der Waals surface area contributed by atoms with Gasteiger partial charge < -0.3 is 5.32 Å². The number of halogens is 3. The summed E-state index contributed by atoms with van der Waals surface area (Å²) in [6.45, 7) is 0.310. The Bertz CT molecular complexity index is 167. The fraction of sp³-hybridized carbons (Fsp3) is 1.00. The molecule has 0 bridgehead atoms. The van der Waals surface area contributed by atoms with E-state index in [4.69, 9.17) is 0 Å². The third kappa shape index (κ3) is 3.84. The molecule has 0 aromatic rings. The average Bonchev–Trinajstić information content (AvgIpc) is 2.08. The van der Waals surface area contributed by atoms with Crippen LogP contribution in [0.4, 0.5) is 13.2 Å². The normalized spacial score (nSPS) is 21.4. The number of hydrogen-bond acceptors (Lipinski definition) is 2. The first-order valence-corrected chi connectivity index (χ1v) is 4.92. The van der Waals surface area contributed by atoms with E-state index in [0.717, 1.165) is 0 Å². The third-order valence-corrected chi connectivity index (χ3v) is 2.41. The average molecular weight is 210 g/mol. The van der Waals surface area contributed by atoms with Crippen LogP contribution in [0.2, 0.25) is 0 Å². The lowest BCUT2D eigenvalue weighted by Crippen LogP contribution is -2.45. The van der Waals surface area contributed by atoms with Gasteiger partial charge in [-0.05, 0) is 19.9 Å². The number of nitrogens with one attached hydrogen (secondary N) is 1. The van der Waals surface area contributed by atoms with Gasteiger partial charge in [0.15, 0.2) is 0 Å². The summed E-state index contributed by atoms with van der Waals surface area (Å²) >= 11 is 0. The Hall–Kier alpha value is -0.290. The van der Waals surface area contributed by atoms with Crippen molar-refractivity contribution in [1.82, 2.24) is 10.2 Å². The standard InChI is InChI=1S/C9H17F3N2/c1-13-6-9(11,12)7-14-4-2-8(10)3-5-14/h8,13H,2-7H2,1H3. The van der Waals surface area contributed by atoms with Gasteiger partial charge in [-0.15, -0.1) is 0 Å². The van der Waals surface area contributed by atoms with E-state index in [2.05, 4.69) is 5.32 Å². The van der Waals surface area contributed by atoms with Crippen LogP contribution in [0.1, 0.15) is 12.8 Å². The highest BCUT2D eigenvalue weighted by molar-refractivity contribution is 4.78. The van der Waals surface area contributed by atoms with Crippen molar-refractivity contribution in [1.29, 1.82) is 0 Å². The fourth-order valence-electron chi connectivity index (χ4n) is 1.70. The van der Waals surface area contributed by atoms with Gasteiger partial charge in [0.25, 0.3) is 5.92 Å². The Morgan fingerprint density at radius 3 is 2.43 bits per heavy atom. The van der Waals surface area contributed by atoms with Gasteiger partial charge in [0.2, 0.25) is 0 Å². The molecule has 1 aliphatic rings. The lowest BCUT2D eigenvalue weighted by molar-refractivity contribution is -0.0372. The Balaban J connectivity index is 2.29. The van der Waals surface area contributed by atoms with Gasteiger partial charge in [-0.3, -0.25) is 4.90 Å². The molecule has 1 aliphatic heterocycles. The molecule has 1 saturated heterocycles. The Morgan fingerprint density at radius 2 is 1.93 bits per heavy atom. The molecule has 5 heteroatoms. The Labute approximate surface area is 82.5 Å². The summed E-state index contributed by atoms with van der Waals surface area (Å²) in [7, 11) is 1.50. The minimum Gasteiger partial charge on any atom is -0.314 e. The van der Waals surface area contributed by atoms with Crippen molar-refractivity contribution >= 4 is 0 Å². The van der Waals surface area contributed by atoms with Crippen LogP contribution in [0.25, 0.3) is 0 Å². The van der Waals surface area contributed by atoms with E-state index >= 15 is 0 Å². The van der Waals surface area contributed by atoms with Gasteiger partial charge >= 0.3 is 0 Å². The van der Waals surface area contributed by atoms with Crippen LogP contribution in [-0.2, 0) is 0 Å². The van der Waals surface area contributed by atoms with Gasteiger partial charge in [0.05, 0.1) is 13.1 Å². The van der Waals surface area contributed by atoms with Crippen molar-refractivity contribution in [2.24, 2.45) is 0 Å². The minimum atomic E-state index is -2.71. The largest absolute Gasteiger partial charge is 0.314 e. The molecule has 0 radical (unpaired) electrons. The lowest BCUT2D eigenvalue weighted by atomic mass is 10.1. The summed E-state index contributed by atoms with van der Waals surface area (Å²) in [5, 5.41) is 2.46. The number of nitrogens with zero attached hydrogens (tertiary/aromatic N) is 1. The van der Waals surface area contributed by atoms with Crippen molar-refractivity contribution in [2.45, 2.75) is 24.9 Å². The van der Waals surface area contributed by atoms with Crippen LogP contribution in [0.15, 0.2) is 0 Å². The molecule has 84 valence electrons. The zero-order valence-corrected chi connectivity index (χ0v) is 8.40. The molecule has 0 aliphatic carbocycles. The summed E-state index contributed by atoms with van der Waals surface area (Å²) in [6.07, 6.45) is -0.0326. The monoisotopic (exact) mass is 210 g/mol. The predicted molar refractivity (Wildman–Crippen MR) is 49.4 cm³/mol. The molecule has 14 heavy (non-hydrogen) atoms. The van der Waals surface area contributed by atoms with E-state index in [1.807, 2.05) is 0 Å². The second kappa shape index (κ2) is 4.98. The summed E-state index contributed by atoms with van der Waals surface area (Å²) in [6, 6.07) is 0. The molecule has 0 saturated carbocycles. The van der Waals surface area contributed by atoms with E-state index in [1.165, 1.54) is 7.05 Å². The number of likely N-dealkylation sites (tertiary alicyclic amines) is 1. The first-order chi connectivity index (χ1) is 6.53. The lowest BCUT2D eigenvalue weighted by Gasteiger charge is -2.31. The molecule has 2 nitrogen and oxygen atoms in total. The van der Waals surface area contributed by atoms with Crippen molar-refractivity contribution in [2.75, 3.05) is 33.2 Å². The molecule has 1 fully saturated rings. The van der Waals surface area contributed by atoms with Crippen molar-refractivity contribution in [3.63, 3.8) is 0 Å². The van der Waals surface area contributed by atoms with E-state index < -0.39 is 12.1 Å². The van der Waals surface area contributed by atoms with Gasteiger partial charge in [-0.1, -0.05) is 0 Å². The molecule has 0 aromatic carbocycles. The molecule has 0 amide bonds. The van der Waals surface area contributed by atoms with Crippen LogP contribution in [0.3, 0.4) is 0 Å². The zero-order valence-electron chi connectivity index (χ0n) is 8.40. The third-order valence-electron chi connectivity index (χ3n) is 2.41. The number of alkyl halides is 3. The van der Waals surface area contributed by atoms with Crippen molar-refractivity contribution < 1.29 is 13.2 Å². The maximum atomic E-state index is 13.1. The van der Waals surface area contributed by atoms with Crippen molar-refractivity contribution in [3.05, 3.63) is 0 Å². The smallest absolute Gasteiger partial charge is 0.272 e. The topological polar surface area (TPSA) is 15.3 Å². The quantitative estimate of drug-likeness (QED) is 0.752. The van der Waals surface area contributed by atoms with Crippen LogP contribution in [0.5, 0.6) is 0 Å². The second-order valence-electron chi connectivity index (χ2n) is 3.84. The van der Waals surface area contributed by atoms with Gasteiger partial charge in [0.1, 0.15) is 6.17 Å². The predicted octanol–water partition coefficient (Wildman–Crippen LogP) is 1.27. The summed E-state index contributed by atoms with van der Waals surface area (Å²) in [5.74, 6) is -2.71. The highest BCUT2D eigenvalue weighted by Gasteiger charge is 2.32. The molecule has 1 N–H and O–H groups in total. The zero-order chi connectivity index (χ0) is 10.6. The SMILES string of the molecule is CNCC(F)(F)CN1CCC(F)CC1. The first kappa shape index (κ1) is 11.8. The van der Waals surface area contributed by atoms with Gasteiger partial charge in [-0.25, -0.2) is 13.2 Å². The molecule has 0 atom stereocenters. The summed E-state index contributed by atoms with van der Waals surface area (Å²) in [4.78, 5) is 1.63. The molecule has 0 spiro atoms. The second-order valence-corrected chi connectivity index (χ2v) is 3.84. The Morgan fingerprint density at radius 1 is 1.36 bits per heavy atom. The van der Waals surface area contributed by atoms with Crippen LogP contribution < -0.4 is 5.32 Å². The summed E-state index contributed by atoms with van der Waals surface area (Å²) < 4.78 is 38.9. The first-order valence-electron chi connectivity index (χ1n) is 4.92. The highest BCUT2D eigenvalue weighted by atomic mass is 19.3. The molecular weight excluding hydrogens is 193 g/mol. The Kier molecular flexibility index (Phi) is 4.19. The van der Waals surface area contributed by atoms with Crippen LogP contribution in [-0.4, -0.2) is 50.2 Å². The van der Waals surface area contributed by atoms with E-state index in [1.54, 1.807) is 4.90 Å². The maximum absolute atomic E-state index is 13.1. The summed E-state index contributed by atoms with van der Waals surface area (Å²) in [5.41, 5.74) is 0. The van der Waals surface area contributed by atoms with E-state index in [9.17, 15) is 13.2 Å². The van der Waals surface area contributed by atoms with Crippen molar-refractivity contribution in [3.8, 4) is 0 Å². The molecule has 0 aromatic heterocycles. The van der Waals surface area contributed by atoms with Crippen LogP contribution >= 0.6 is 0 Å². The molecule has 1 rings (SSSR count). The van der Waals surface area contributed by atoms with Crippen LogP contribution in [0, 0.1) is 0 Å².